The molecule has 1 saturated heterocycles. The summed E-state index contributed by atoms with van der Waals surface area (Å²) in [5.41, 5.74) is 0.685. The Morgan fingerprint density at radius 1 is 1.02 bits per heavy atom. The molecule has 3 heterocycles. The molecule has 2 aromatic heterocycles. The van der Waals surface area contributed by atoms with Crippen LogP contribution in [-0.2, 0) is 6.18 Å². The number of amides is 1. The van der Waals surface area contributed by atoms with Gasteiger partial charge in [-0.15, -0.1) is 0 Å². The minimum absolute atomic E-state index is 0.0151. The van der Waals surface area contributed by atoms with Gasteiger partial charge in [0.25, 0.3) is 5.91 Å². The summed E-state index contributed by atoms with van der Waals surface area (Å²) in [5.74, 6) is 0.737. The molecule has 2 aromatic carbocycles. The van der Waals surface area contributed by atoms with E-state index in [1.165, 1.54) is 23.4 Å². The number of hydrogen-bond donors (Lipinski definition) is 3. The van der Waals surface area contributed by atoms with E-state index in [0.29, 0.717) is 41.8 Å². The number of piperidine rings is 1. The number of likely N-dealkylation sites (tertiary alicyclic amines) is 1. The monoisotopic (exact) mass is 581 g/mol. The van der Waals surface area contributed by atoms with Gasteiger partial charge in [0.05, 0.1) is 5.56 Å². The second-order valence-electron chi connectivity index (χ2n) is 9.98. The van der Waals surface area contributed by atoms with E-state index in [-0.39, 0.29) is 17.4 Å². The topological polar surface area (TPSA) is 122 Å². The molecule has 5 rings (SSSR count). The van der Waals surface area contributed by atoms with E-state index < -0.39 is 17.6 Å². The average Bonchev–Trinajstić information content (AvgIpc) is 3.43. The van der Waals surface area contributed by atoms with Crippen LogP contribution in [0.15, 0.2) is 55.1 Å². The molecule has 14 heteroatoms. The first-order chi connectivity index (χ1) is 20.1. The van der Waals surface area contributed by atoms with Gasteiger partial charge >= 0.3 is 6.18 Å². The van der Waals surface area contributed by atoms with Gasteiger partial charge in [0, 0.05) is 43.1 Å². The fraction of sp³-hybridized carbons (Fsp3) is 0.321. The fourth-order valence-electron chi connectivity index (χ4n) is 4.51. The van der Waals surface area contributed by atoms with Crippen molar-refractivity contribution in [2.24, 2.45) is 0 Å². The molecular weight excluding hydrogens is 551 g/mol. The van der Waals surface area contributed by atoms with Crippen molar-refractivity contribution in [1.82, 2.24) is 29.6 Å². The lowest BCUT2D eigenvalue weighted by molar-refractivity contribution is -0.137. The van der Waals surface area contributed by atoms with Crippen LogP contribution in [0.3, 0.4) is 0 Å². The van der Waals surface area contributed by atoms with Crippen molar-refractivity contribution in [3.63, 3.8) is 0 Å². The van der Waals surface area contributed by atoms with Crippen LogP contribution in [0.25, 0.3) is 5.82 Å². The van der Waals surface area contributed by atoms with Crippen LogP contribution in [0.2, 0.25) is 0 Å². The van der Waals surface area contributed by atoms with Crippen LogP contribution in [0, 0.1) is 6.92 Å². The number of alkyl halides is 3. The molecular formula is C28H30F3N9O2. The summed E-state index contributed by atoms with van der Waals surface area (Å²) in [6.45, 7) is 3.43. The molecule has 0 saturated carbocycles. The summed E-state index contributed by atoms with van der Waals surface area (Å²) >= 11 is 0. The lowest BCUT2D eigenvalue weighted by atomic mass is 10.1. The normalized spacial score (nSPS) is 14.4. The lowest BCUT2D eigenvalue weighted by Gasteiger charge is -2.29. The number of halogens is 3. The minimum Gasteiger partial charge on any atom is -0.490 e. The second kappa shape index (κ2) is 12.0. The first-order valence-electron chi connectivity index (χ1n) is 13.3. The lowest BCUT2D eigenvalue weighted by Crippen LogP contribution is -2.35. The van der Waals surface area contributed by atoms with Gasteiger partial charge in [-0.05, 0) is 62.7 Å². The van der Waals surface area contributed by atoms with Gasteiger partial charge in [0.1, 0.15) is 30.3 Å². The molecule has 0 atom stereocenters. The fourth-order valence-corrected chi connectivity index (χ4v) is 4.51. The van der Waals surface area contributed by atoms with Crippen molar-refractivity contribution < 1.29 is 22.7 Å². The Balaban J connectivity index is 1.36. The third-order valence-electron chi connectivity index (χ3n) is 6.88. The van der Waals surface area contributed by atoms with Crippen molar-refractivity contribution in [2.75, 3.05) is 43.1 Å². The summed E-state index contributed by atoms with van der Waals surface area (Å²) in [6, 6.07) is 9.90. The maximum atomic E-state index is 13.7. The maximum Gasteiger partial charge on any atom is 0.416 e. The molecule has 0 bridgehead atoms. The number of benzene rings is 2. The molecule has 0 radical (unpaired) electrons. The zero-order valence-corrected chi connectivity index (χ0v) is 23.2. The van der Waals surface area contributed by atoms with Crippen LogP contribution in [-0.4, -0.2) is 68.8 Å². The number of hydrogen-bond acceptors (Lipinski definition) is 9. The van der Waals surface area contributed by atoms with Crippen LogP contribution in [0.4, 0.5) is 36.3 Å². The number of nitrogens with zero attached hydrogens (tertiary/aromatic N) is 6. The Morgan fingerprint density at radius 3 is 2.55 bits per heavy atom. The van der Waals surface area contributed by atoms with Gasteiger partial charge in [0.2, 0.25) is 5.95 Å². The van der Waals surface area contributed by atoms with E-state index in [1.54, 1.807) is 31.3 Å². The van der Waals surface area contributed by atoms with E-state index >= 15 is 0 Å². The summed E-state index contributed by atoms with van der Waals surface area (Å²) < 4.78 is 48.5. The van der Waals surface area contributed by atoms with Crippen molar-refractivity contribution in [1.29, 1.82) is 0 Å². The van der Waals surface area contributed by atoms with Crippen molar-refractivity contribution in [3.05, 3.63) is 71.8 Å². The number of anilines is 4. The van der Waals surface area contributed by atoms with Gasteiger partial charge < -0.3 is 25.6 Å². The minimum atomic E-state index is -4.64. The quantitative estimate of drug-likeness (QED) is 0.267. The van der Waals surface area contributed by atoms with E-state index in [9.17, 15) is 18.0 Å². The Kier molecular flexibility index (Phi) is 8.24. The second-order valence-corrected chi connectivity index (χ2v) is 9.98. The molecule has 1 amide bonds. The van der Waals surface area contributed by atoms with E-state index in [2.05, 4.69) is 40.9 Å². The predicted octanol–water partition coefficient (Wildman–Crippen LogP) is 4.90. The smallest absolute Gasteiger partial charge is 0.416 e. The van der Waals surface area contributed by atoms with Crippen molar-refractivity contribution in [2.45, 2.75) is 32.0 Å². The van der Waals surface area contributed by atoms with Crippen molar-refractivity contribution >= 4 is 29.0 Å². The first-order valence-corrected chi connectivity index (χ1v) is 13.3. The van der Waals surface area contributed by atoms with Crippen molar-refractivity contribution in [3.8, 4) is 11.6 Å². The molecule has 0 unspecified atom stereocenters. The maximum absolute atomic E-state index is 13.7. The standard InChI is InChI=1S/C28H30F3N9O2/c1-17-4-5-20(13-23(17)38-27-35-16-36-40(27)25-14-24(32-2)33-15-34-25)37-26(41)18-10-19(28(29,30)31)12-22(11-18)42-21-6-8-39(3)9-7-21/h4-5,10-16,21H,6-9H2,1-3H3,(H,37,41)(H,32,33,34)(H,35,36,38). The Hall–Kier alpha value is -4.72. The number of carbonyl (C=O) groups is 1. The van der Waals surface area contributed by atoms with Crippen LogP contribution < -0.4 is 20.7 Å². The van der Waals surface area contributed by atoms with Gasteiger partial charge in [-0.2, -0.15) is 27.9 Å². The number of carbonyl (C=O) groups excluding carboxylic acids is 1. The van der Waals surface area contributed by atoms with Gasteiger partial charge in [-0.3, -0.25) is 4.79 Å². The number of nitrogens with one attached hydrogen (secondary N) is 3. The molecule has 0 spiro atoms. The summed E-state index contributed by atoms with van der Waals surface area (Å²) in [4.78, 5) is 27.9. The highest BCUT2D eigenvalue weighted by Crippen LogP contribution is 2.34. The van der Waals surface area contributed by atoms with E-state index in [0.717, 1.165) is 30.8 Å². The van der Waals surface area contributed by atoms with Crippen LogP contribution >= 0.6 is 0 Å². The molecule has 42 heavy (non-hydrogen) atoms. The number of aryl methyl sites for hydroxylation is 1. The van der Waals surface area contributed by atoms with Gasteiger partial charge in [0.15, 0.2) is 5.82 Å². The highest BCUT2D eigenvalue weighted by atomic mass is 19.4. The highest BCUT2D eigenvalue weighted by Gasteiger charge is 2.32. The SMILES string of the molecule is CNc1cc(-n2ncnc2Nc2cc(NC(=O)c3cc(OC4CCN(C)CC4)cc(C(F)(F)F)c3)ccc2C)ncn1. The number of aromatic nitrogens is 5. The third-order valence-corrected chi connectivity index (χ3v) is 6.88. The van der Waals surface area contributed by atoms with Crippen LogP contribution in [0.5, 0.6) is 5.75 Å². The van der Waals surface area contributed by atoms with E-state index in [4.69, 9.17) is 4.74 Å². The Labute approximate surface area is 240 Å². The largest absolute Gasteiger partial charge is 0.490 e. The Morgan fingerprint density at radius 2 is 1.81 bits per heavy atom. The molecule has 11 nitrogen and oxygen atoms in total. The Bertz CT molecular complexity index is 1570. The van der Waals surface area contributed by atoms with Gasteiger partial charge in [-0.1, -0.05) is 6.07 Å². The molecule has 1 aliphatic rings. The van der Waals surface area contributed by atoms with E-state index in [1.807, 2.05) is 14.0 Å². The molecule has 3 N–H and O–H groups in total. The third kappa shape index (κ3) is 6.77. The summed E-state index contributed by atoms with van der Waals surface area (Å²) in [5, 5.41) is 13.1. The number of ether oxygens (including phenoxy) is 1. The molecule has 1 fully saturated rings. The zero-order chi connectivity index (χ0) is 29.9. The van der Waals surface area contributed by atoms with Crippen LogP contribution in [0.1, 0.15) is 34.3 Å². The zero-order valence-electron chi connectivity index (χ0n) is 23.2. The highest BCUT2D eigenvalue weighted by molar-refractivity contribution is 6.05. The average molecular weight is 582 g/mol. The molecule has 0 aliphatic carbocycles. The summed E-state index contributed by atoms with van der Waals surface area (Å²) in [7, 11) is 3.72. The molecule has 220 valence electrons. The molecule has 4 aromatic rings. The first kappa shape index (κ1) is 28.8. The number of rotatable bonds is 8. The summed E-state index contributed by atoms with van der Waals surface area (Å²) in [6.07, 6.45) is -0.727. The van der Waals surface area contributed by atoms with Gasteiger partial charge in [-0.25, -0.2) is 9.97 Å². The molecule has 1 aliphatic heterocycles. The predicted molar refractivity (Wildman–Crippen MR) is 152 cm³/mol.